The van der Waals surface area contributed by atoms with Gasteiger partial charge in [-0.2, -0.15) is 0 Å². The molecule has 2 heterocycles. The first-order valence-electron chi connectivity index (χ1n) is 6.72. The number of para-hydroxylation sites is 2. The zero-order valence-electron chi connectivity index (χ0n) is 11.0. The monoisotopic (exact) mass is 276 g/mol. The minimum Gasteiger partial charge on any atom is -0.357 e. The Morgan fingerprint density at radius 2 is 1.85 bits per heavy atom. The summed E-state index contributed by atoms with van der Waals surface area (Å²) in [5.41, 5.74) is 1.14. The first kappa shape index (κ1) is 12.9. The normalized spacial score (nSPS) is 19.9. The lowest BCUT2D eigenvalue weighted by molar-refractivity contribution is -0.483. The topological polar surface area (TPSA) is 78.7 Å². The van der Waals surface area contributed by atoms with Crippen LogP contribution in [0.5, 0.6) is 0 Å². The lowest BCUT2D eigenvalue weighted by Gasteiger charge is -2.39. The van der Waals surface area contributed by atoms with Gasteiger partial charge in [0.15, 0.2) is 5.03 Å². The van der Waals surface area contributed by atoms with Crippen LogP contribution in [0.15, 0.2) is 24.3 Å². The summed E-state index contributed by atoms with van der Waals surface area (Å²) in [6, 6.07) is 7.30. The maximum absolute atomic E-state index is 12.1. The zero-order valence-corrected chi connectivity index (χ0v) is 11.0. The first-order chi connectivity index (χ1) is 9.68. The van der Waals surface area contributed by atoms with Gasteiger partial charge in [-0.3, -0.25) is 4.79 Å². The molecule has 7 nitrogen and oxygen atoms in total. The minimum absolute atomic E-state index is 0.0721. The second-order valence-corrected chi connectivity index (χ2v) is 5.04. The Bertz CT molecular complexity index is 542. The van der Waals surface area contributed by atoms with E-state index < -0.39 is 10.9 Å². The van der Waals surface area contributed by atoms with Crippen molar-refractivity contribution < 1.29 is 9.83 Å². The number of carbonyl (C=O) groups excluding carboxylic acids is 1. The molecule has 1 amide bonds. The fourth-order valence-electron chi connectivity index (χ4n) is 2.94. The number of fused-ring (bicyclic) bond motifs is 1. The van der Waals surface area contributed by atoms with E-state index in [1.54, 1.807) is 12.1 Å². The average Bonchev–Trinajstić information content (AvgIpc) is 2.47. The number of hydrogen-bond donors (Lipinski definition) is 1. The molecule has 0 atom stereocenters. The van der Waals surface area contributed by atoms with Gasteiger partial charge in [-0.25, -0.2) is 10.1 Å². The van der Waals surface area contributed by atoms with Crippen molar-refractivity contribution in [3.8, 4) is 0 Å². The molecule has 3 rings (SSSR count). The molecule has 0 saturated carbocycles. The van der Waals surface area contributed by atoms with Crippen molar-refractivity contribution in [1.82, 2.24) is 5.32 Å². The molecule has 0 radical (unpaired) electrons. The molecular formula is C13H16N4O3. The van der Waals surface area contributed by atoms with Crippen LogP contribution in [0.25, 0.3) is 0 Å². The number of nitrogens with one attached hydrogen (secondary N) is 1. The van der Waals surface area contributed by atoms with Crippen molar-refractivity contribution in [3.05, 3.63) is 34.4 Å². The van der Waals surface area contributed by atoms with E-state index in [0.717, 1.165) is 31.6 Å². The number of anilines is 2. The van der Waals surface area contributed by atoms with Gasteiger partial charge in [-0.05, 0) is 43.1 Å². The molecule has 0 aromatic heterocycles. The molecule has 2 aliphatic heterocycles. The van der Waals surface area contributed by atoms with Gasteiger partial charge in [0, 0.05) is 6.04 Å². The standard InChI is InChI=1S/C13H16N4O3/c18-13-9-15(10-5-7-14-8-6-10)11-3-1-2-4-12(11)16(13)17(19)20/h1-4,10,14H,5-9H2. The third-order valence-electron chi connectivity index (χ3n) is 3.87. The van der Waals surface area contributed by atoms with E-state index in [1.165, 1.54) is 0 Å². The largest absolute Gasteiger partial charge is 0.357 e. The van der Waals surface area contributed by atoms with Crippen molar-refractivity contribution in [2.24, 2.45) is 0 Å². The highest BCUT2D eigenvalue weighted by Crippen LogP contribution is 2.35. The number of piperidine rings is 1. The zero-order chi connectivity index (χ0) is 14.1. The number of nitrogens with zero attached hydrogens (tertiary/aromatic N) is 3. The van der Waals surface area contributed by atoms with Crippen LogP contribution in [0.2, 0.25) is 0 Å². The van der Waals surface area contributed by atoms with E-state index in [2.05, 4.69) is 5.32 Å². The van der Waals surface area contributed by atoms with E-state index in [1.807, 2.05) is 17.0 Å². The predicted octanol–water partition coefficient (Wildman–Crippen LogP) is 0.783. The van der Waals surface area contributed by atoms with Crippen molar-refractivity contribution >= 4 is 17.3 Å². The molecule has 20 heavy (non-hydrogen) atoms. The highest BCUT2D eigenvalue weighted by atomic mass is 16.7. The van der Waals surface area contributed by atoms with Crippen LogP contribution in [-0.4, -0.2) is 36.6 Å². The summed E-state index contributed by atoms with van der Waals surface area (Å²) in [5, 5.41) is 14.4. The van der Waals surface area contributed by atoms with Gasteiger partial charge in [0.25, 0.3) is 0 Å². The molecule has 1 aromatic carbocycles. The first-order valence-corrected chi connectivity index (χ1v) is 6.72. The maximum Gasteiger partial charge on any atom is 0.308 e. The van der Waals surface area contributed by atoms with Gasteiger partial charge >= 0.3 is 5.91 Å². The van der Waals surface area contributed by atoms with Crippen LogP contribution >= 0.6 is 0 Å². The fourth-order valence-corrected chi connectivity index (χ4v) is 2.94. The van der Waals surface area contributed by atoms with Crippen molar-refractivity contribution in [3.63, 3.8) is 0 Å². The number of nitro groups is 1. The molecule has 0 unspecified atom stereocenters. The third-order valence-corrected chi connectivity index (χ3v) is 3.87. The Kier molecular flexibility index (Phi) is 3.27. The van der Waals surface area contributed by atoms with Gasteiger partial charge in [0.1, 0.15) is 12.2 Å². The summed E-state index contributed by atoms with van der Waals surface area (Å²) in [6.07, 6.45) is 1.89. The molecule has 1 saturated heterocycles. The third kappa shape index (κ3) is 2.09. The lowest BCUT2D eigenvalue weighted by atomic mass is 10.0. The van der Waals surface area contributed by atoms with Gasteiger partial charge in [-0.15, -0.1) is 0 Å². The Hall–Kier alpha value is -2.15. The highest BCUT2D eigenvalue weighted by Gasteiger charge is 2.39. The Balaban J connectivity index is 1.99. The van der Waals surface area contributed by atoms with Gasteiger partial charge < -0.3 is 10.2 Å². The molecule has 1 aromatic rings. The van der Waals surface area contributed by atoms with Crippen LogP contribution < -0.4 is 15.2 Å². The van der Waals surface area contributed by atoms with Crippen molar-refractivity contribution in [2.45, 2.75) is 18.9 Å². The average molecular weight is 276 g/mol. The molecule has 1 N–H and O–H groups in total. The lowest BCUT2D eigenvalue weighted by Crippen LogP contribution is -2.53. The molecule has 1 fully saturated rings. The minimum atomic E-state index is -0.638. The Labute approximate surface area is 116 Å². The summed E-state index contributed by atoms with van der Waals surface area (Å²) < 4.78 is 0. The number of benzene rings is 1. The summed E-state index contributed by atoms with van der Waals surface area (Å²) in [7, 11) is 0. The summed E-state index contributed by atoms with van der Waals surface area (Å²) in [5.74, 6) is -0.479. The fraction of sp³-hybridized carbons (Fsp3) is 0.462. The van der Waals surface area contributed by atoms with Crippen LogP contribution in [0, 0.1) is 10.1 Å². The maximum atomic E-state index is 12.1. The predicted molar refractivity (Wildman–Crippen MR) is 74.2 cm³/mol. The van der Waals surface area contributed by atoms with Gasteiger partial charge in [0.05, 0.1) is 5.69 Å². The van der Waals surface area contributed by atoms with Gasteiger partial charge in [-0.1, -0.05) is 12.1 Å². The SMILES string of the molecule is O=C1CN(C2CCNCC2)c2ccccc2N1[N+](=O)[O-]. The van der Waals surface area contributed by atoms with Crippen molar-refractivity contribution in [2.75, 3.05) is 29.5 Å². The van der Waals surface area contributed by atoms with E-state index >= 15 is 0 Å². The van der Waals surface area contributed by atoms with Crippen LogP contribution in [0.3, 0.4) is 0 Å². The van der Waals surface area contributed by atoms with Crippen LogP contribution in [-0.2, 0) is 4.79 Å². The molecule has 7 heteroatoms. The molecule has 0 spiro atoms. The second-order valence-electron chi connectivity index (χ2n) is 5.04. The van der Waals surface area contributed by atoms with E-state index in [4.69, 9.17) is 0 Å². The van der Waals surface area contributed by atoms with Crippen LogP contribution in [0.1, 0.15) is 12.8 Å². The Morgan fingerprint density at radius 3 is 2.50 bits per heavy atom. The molecule has 0 aliphatic carbocycles. The molecule has 2 aliphatic rings. The number of hydrazine groups is 1. The molecular weight excluding hydrogens is 260 g/mol. The smallest absolute Gasteiger partial charge is 0.308 e. The highest BCUT2D eigenvalue weighted by molar-refractivity contribution is 6.01. The summed E-state index contributed by atoms with van der Waals surface area (Å²) in [4.78, 5) is 25.2. The number of rotatable bonds is 2. The summed E-state index contributed by atoms with van der Waals surface area (Å²) in [6.45, 7) is 1.90. The number of amides is 1. The van der Waals surface area contributed by atoms with E-state index in [0.29, 0.717) is 10.7 Å². The van der Waals surface area contributed by atoms with E-state index in [9.17, 15) is 14.9 Å². The van der Waals surface area contributed by atoms with E-state index in [-0.39, 0.29) is 12.6 Å². The number of hydrogen-bond acceptors (Lipinski definition) is 5. The second kappa shape index (κ2) is 5.09. The quantitative estimate of drug-likeness (QED) is 0.638. The summed E-state index contributed by atoms with van der Waals surface area (Å²) >= 11 is 0. The van der Waals surface area contributed by atoms with Crippen molar-refractivity contribution in [1.29, 1.82) is 0 Å². The number of carbonyl (C=O) groups is 1. The Morgan fingerprint density at radius 1 is 1.20 bits per heavy atom. The van der Waals surface area contributed by atoms with Crippen LogP contribution in [0.4, 0.5) is 11.4 Å². The molecule has 106 valence electrons. The molecule has 0 bridgehead atoms. The van der Waals surface area contributed by atoms with Gasteiger partial charge in [0.2, 0.25) is 0 Å².